The summed E-state index contributed by atoms with van der Waals surface area (Å²) in [6, 6.07) is 9.21. The molecule has 2 heterocycles. The first kappa shape index (κ1) is 29.4. The third-order valence-electron chi connectivity index (χ3n) is 7.01. The number of nitrogens with two attached hydrogens (primary N) is 1. The Morgan fingerprint density at radius 2 is 1.90 bits per heavy atom. The largest absolute Gasteiger partial charge is 0.490 e. The van der Waals surface area contributed by atoms with Gasteiger partial charge in [-0.3, -0.25) is 9.59 Å². The molecule has 1 aliphatic rings. The van der Waals surface area contributed by atoms with Crippen LogP contribution < -0.4 is 20.5 Å². The maximum Gasteiger partial charge on any atom is 0.255 e. The van der Waals surface area contributed by atoms with Crippen molar-refractivity contribution in [2.75, 3.05) is 27.2 Å². The maximum absolute atomic E-state index is 13.1. The van der Waals surface area contributed by atoms with Crippen LogP contribution in [-0.2, 0) is 6.42 Å². The molecule has 216 valence electrons. The van der Waals surface area contributed by atoms with Crippen molar-refractivity contribution >= 4 is 17.3 Å². The Balaban J connectivity index is 1.32. The summed E-state index contributed by atoms with van der Waals surface area (Å²) in [5.41, 5.74) is 7.35. The summed E-state index contributed by atoms with van der Waals surface area (Å²) in [6.45, 7) is 4.47. The van der Waals surface area contributed by atoms with Crippen LogP contribution in [-0.4, -0.2) is 76.4 Å². The van der Waals surface area contributed by atoms with Crippen molar-refractivity contribution in [3.05, 3.63) is 59.4 Å². The number of pyridine rings is 1. The van der Waals surface area contributed by atoms with Gasteiger partial charge in [-0.1, -0.05) is 6.07 Å². The Labute approximate surface area is 235 Å². The van der Waals surface area contributed by atoms with E-state index in [2.05, 4.69) is 15.3 Å². The number of amides is 2. The molecule has 2 amide bonds. The summed E-state index contributed by atoms with van der Waals surface area (Å²) in [7, 11) is 4.10. The zero-order valence-corrected chi connectivity index (χ0v) is 23.9. The second-order valence-corrected chi connectivity index (χ2v) is 11.5. The van der Waals surface area contributed by atoms with Gasteiger partial charge in [0.15, 0.2) is 0 Å². The highest BCUT2D eigenvalue weighted by atomic mass is 16.5. The van der Waals surface area contributed by atoms with Gasteiger partial charge in [0.25, 0.3) is 11.8 Å². The lowest BCUT2D eigenvalue weighted by Gasteiger charge is -2.30. The number of aliphatic hydroxyl groups is 1. The van der Waals surface area contributed by atoms with Crippen molar-refractivity contribution in [2.24, 2.45) is 5.73 Å². The summed E-state index contributed by atoms with van der Waals surface area (Å²) in [5.74, 6) is 0.423. The van der Waals surface area contributed by atoms with E-state index in [-0.39, 0.29) is 24.7 Å². The van der Waals surface area contributed by atoms with Crippen LogP contribution in [0.25, 0.3) is 5.52 Å². The number of rotatable bonds is 12. The SMILES string of the molecule is CN(C)CCCc1ccc(C(N)=O)c(OC2CCC(NC(=O)c3cnn4cc(OCC(C)(C)O)ccc34)CC2)c1. The van der Waals surface area contributed by atoms with Crippen LogP contribution in [0.15, 0.2) is 42.7 Å². The van der Waals surface area contributed by atoms with Crippen molar-refractivity contribution in [1.82, 2.24) is 19.8 Å². The van der Waals surface area contributed by atoms with E-state index in [1.807, 2.05) is 26.2 Å². The summed E-state index contributed by atoms with van der Waals surface area (Å²) in [5, 5.41) is 17.3. The molecule has 2 aromatic heterocycles. The van der Waals surface area contributed by atoms with E-state index in [1.54, 1.807) is 49.0 Å². The molecule has 0 spiro atoms. The second kappa shape index (κ2) is 12.7. The molecular weight excluding hydrogens is 510 g/mol. The molecule has 1 aromatic carbocycles. The van der Waals surface area contributed by atoms with Gasteiger partial charge in [-0.25, -0.2) is 4.52 Å². The fourth-order valence-corrected chi connectivity index (χ4v) is 4.88. The number of nitrogens with zero attached hydrogens (tertiary/aromatic N) is 3. The number of hydrogen-bond acceptors (Lipinski definition) is 7. The number of aryl methyl sites for hydroxylation is 1. The van der Waals surface area contributed by atoms with Crippen LogP contribution in [0.4, 0.5) is 0 Å². The first-order valence-corrected chi connectivity index (χ1v) is 13.9. The van der Waals surface area contributed by atoms with Gasteiger partial charge in [-0.15, -0.1) is 0 Å². The zero-order valence-electron chi connectivity index (χ0n) is 23.9. The van der Waals surface area contributed by atoms with Gasteiger partial charge in [-0.2, -0.15) is 5.10 Å². The van der Waals surface area contributed by atoms with E-state index in [4.69, 9.17) is 15.2 Å². The minimum absolute atomic E-state index is 0.0182. The Hall–Kier alpha value is -3.63. The van der Waals surface area contributed by atoms with Gasteiger partial charge in [0.1, 0.15) is 18.1 Å². The van der Waals surface area contributed by atoms with Crippen LogP contribution in [0.3, 0.4) is 0 Å². The number of ether oxygens (including phenoxy) is 2. The molecule has 3 aromatic rings. The molecule has 10 heteroatoms. The van der Waals surface area contributed by atoms with Gasteiger partial charge in [-0.05, 0) is 103 Å². The van der Waals surface area contributed by atoms with Crippen LogP contribution in [0, 0.1) is 0 Å². The molecule has 0 bridgehead atoms. The molecule has 1 fully saturated rings. The van der Waals surface area contributed by atoms with E-state index in [1.165, 1.54) is 0 Å². The highest BCUT2D eigenvalue weighted by molar-refractivity contribution is 6.00. The normalized spacial score (nSPS) is 17.6. The summed E-state index contributed by atoms with van der Waals surface area (Å²) in [6.07, 6.45) is 8.13. The number of nitrogens with one attached hydrogen (secondary N) is 1. The number of carbonyl (C=O) groups excluding carboxylic acids is 2. The van der Waals surface area contributed by atoms with E-state index in [0.717, 1.165) is 50.6 Å². The lowest BCUT2D eigenvalue weighted by Crippen LogP contribution is -2.39. The van der Waals surface area contributed by atoms with E-state index < -0.39 is 11.5 Å². The Bertz CT molecular complexity index is 1320. The average Bonchev–Trinajstić information content (AvgIpc) is 3.31. The predicted octanol–water partition coefficient (Wildman–Crippen LogP) is 3.20. The zero-order chi connectivity index (χ0) is 28.9. The molecular formula is C30H41N5O5. The monoisotopic (exact) mass is 551 g/mol. The lowest BCUT2D eigenvalue weighted by molar-refractivity contribution is 0.0283. The van der Waals surface area contributed by atoms with Crippen LogP contribution in [0.1, 0.15) is 72.2 Å². The Kier molecular flexibility index (Phi) is 9.32. The van der Waals surface area contributed by atoms with Crippen molar-refractivity contribution in [1.29, 1.82) is 0 Å². The van der Waals surface area contributed by atoms with Crippen molar-refractivity contribution < 1.29 is 24.2 Å². The first-order valence-electron chi connectivity index (χ1n) is 13.9. The first-order chi connectivity index (χ1) is 19.0. The third-order valence-corrected chi connectivity index (χ3v) is 7.01. The summed E-state index contributed by atoms with van der Waals surface area (Å²) < 4.78 is 13.5. The van der Waals surface area contributed by atoms with Gasteiger partial charge in [0.2, 0.25) is 0 Å². The number of fused-ring (bicyclic) bond motifs is 1. The second-order valence-electron chi connectivity index (χ2n) is 11.5. The van der Waals surface area contributed by atoms with Gasteiger partial charge in [0, 0.05) is 6.04 Å². The summed E-state index contributed by atoms with van der Waals surface area (Å²) in [4.78, 5) is 27.2. The topological polar surface area (TPSA) is 131 Å². The van der Waals surface area contributed by atoms with Crippen LogP contribution >= 0.6 is 0 Å². The lowest BCUT2D eigenvalue weighted by atomic mass is 9.92. The number of carbonyl (C=O) groups is 2. The highest BCUT2D eigenvalue weighted by Gasteiger charge is 2.26. The van der Waals surface area contributed by atoms with Gasteiger partial charge >= 0.3 is 0 Å². The number of primary amides is 1. The van der Waals surface area contributed by atoms with Gasteiger partial charge < -0.3 is 30.5 Å². The average molecular weight is 552 g/mol. The molecule has 1 aliphatic carbocycles. The molecule has 0 saturated heterocycles. The smallest absolute Gasteiger partial charge is 0.255 e. The molecule has 0 atom stereocenters. The molecule has 10 nitrogen and oxygen atoms in total. The van der Waals surface area contributed by atoms with Crippen molar-refractivity contribution in [2.45, 2.75) is 70.1 Å². The summed E-state index contributed by atoms with van der Waals surface area (Å²) >= 11 is 0. The van der Waals surface area contributed by atoms with E-state index in [9.17, 15) is 14.7 Å². The fraction of sp³-hybridized carbons (Fsp3) is 0.500. The Morgan fingerprint density at radius 3 is 2.58 bits per heavy atom. The maximum atomic E-state index is 13.1. The van der Waals surface area contributed by atoms with E-state index in [0.29, 0.717) is 28.1 Å². The molecule has 4 N–H and O–H groups in total. The molecule has 0 aliphatic heterocycles. The van der Waals surface area contributed by atoms with E-state index >= 15 is 0 Å². The van der Waals surface area contributed by atoms with Crippen LogP contribution in [0.2, 0.25) is 0 Å². The van der Waals surface area contributed by atoms with Crippen molar-refractivity contribution in [3.63, 3.8) is 0 Å². The Morgan fingerprint density at radius 1 is 1.15 bits per heavy atom. The minimum atomic E-state index is -0.950. The third kappa shape index (κ3) is 7.95. The number of aromatic nitrogens is 2. The highest BCUT2D eigenvalue weighted by Crippen LogP contribution is 2.28. The molecule has 1 saturated carbocycles. The standard InChI is InChI=1S/C30H41N5O5/c1-30(2,38)19-39-23-12-14-26-25(17-32-35(26)18-23)29(37)33-21-8-10-22(11-9-21)40-27-16-20(6-5-15-34(3)4)7-13-24(27)28(31)36/h7,12-14,16-18,21-22,38H,5-6,8-11,15,19H2,1-4H3,(H2,31,36)(H,33,37). The molecule has 40 heavy (non-hydrogen) atoms. The molecule has 4 rings (SSSR count). The van der Waals surface area contributed by atoms with Gasteiger partial charge in [0.05, 0.1) is 40.7 Å². The predicted molar refractivity (Wildman–Crippen MR) is 153 cm³/mol. The fourth-order valence-electron chi connectivity index (χ4n) is 4.88. The van der Waals surface area contributed by atoms with Crippen LogP contribution in [0.5, 0.6) is 11.5 Å². The number of hydrogen-bond donors (Lipinski definition) is 3. The van der Waals surface area contributed by atoms with Crippen molar-refractivity contribution in [3.8, 4) is 11.5 Å². The molecule has 0 radical (unpaired) electrons. The quantitative estimate of drug-likeness (QED) is 0.315. The minimum Gasteiger partial charge on any atom is -0.490 e. The molecule has 0 unspecified atom stereocenters. The number of benzene rings is 1.